The predicted molar refractivity (Wildman–Crippen MR) is 108 cm³/mol. The van der Waals surface area contributed by atoms with Crippen LogP contribution >= 0.6 is 0 Å². The van der Waals surface area contributed by atoms with E-state index in [1.807, 2.05) is 0 Å². The van der Waals surface area contributed by atoms with E-state index in [1.165, 1.54) is 77.0 Å². The number of nitrogens with one attached hydrogen (secondary N) is 1. The van der Waals surface area contributed by atoms with E-state index in [4.69, 9.17) is 0 Å². The van der Waals surface area contributed by atoms with Gasteiger partial charge in [0, 0.05) is 13.1 Å². The van der Waals surface area contributed by atoms with Crippen molar-refractivity contribution in [1.29, 1.82) is 0 Å². The summed E-state index contributed by atoms with van der Waals surface area (Å²) in [6.07, 6.45) is 18.7. The predicted octanol–water partition coefficient (Wildman–Crippen LogP) is 1.36. The molecule has 2 N–H and O–H groups in total. The van der Waals surface area contributed by atoms with Gasteiger partial charge in [0.2, 0.25) is 0 Å². The molecule has 1 atom stereocenters. The summed E-state index contributed by atoms with van der Waals surface area (Å²) in [4.78, 5) is 0. The van der Waals surface area contributed by atoms with Crippen molar-refractivity contribution in [3.05, 3.63) is 0 Å². The normalized spacial score (nSPS) is 12.7. The van der Waals surface area contributed by atoms with Crippen molar-refractivity contribution in [2.24, 2.45) is 0 Å². The number of aliphatic hydroxyl groups excluding tert-OH is 1. The maximum atomic E-state index is 10.4. The molecule has 0 amide bonds. The van der Waals surface area contributed by atoms with Crippen LogP contribution in [0, 0.1) is 0 Å². The van der Waals surface area contributed by atoms with Crippen molar-refractivity contribution < 1.29 is 69.5 Å². The topological polar surface area (TPSA) is 89.5 Å². The smallest absolute Gasteiger partial charge is 0.748 e. The van der Waals surface area contributed by atoms with Gasteiger partial charge in [0.05, 0.1) is 22.0 Å². The Labute approximate surface area is 211 Å². The van der Waals surface area contributed by atoms with Crippen LogP contribution in [-0.2, 0) is 10.1 Å². The van der Waals surface area contributed by atoms with Crippen LogP contribution in [0.25, 0.3) is 0 Å². The van der Waals surface area contributed by atoms with E-state index in [2.05, 4.69) is 12.2 Å². The molecule has 0 heterocycles. The second kappa shape index (κ2) is 22.2. The minimum Gasteiger partial charge on any atom is -0.748 e. The van der Waals surface area contributed by atoms with Crippen LogP contribution in [0.5, 0.6) is 0 Å². The average Bonchev–Trinajstić information content (AvgIpc) is 2.58. The maximum Gasteiger partial charge on any atom is 1.00 e. The molecule has 0 saturated heterocycles. The molecule has 5 nitrogen and oxygen atoms in total. The average molecular weight is 432 g/mol. The molecule has 0 aliphatic heterocycles. The van der Waals surface area contributed by atoms with Gasteiger partial charge in [0.15, 0.2) is 0 Å². The van der Waals surface area contributed by atoms with Crippen LogP contribution in [0.1, 0.15) is 103 Å². The molecule has 158 valence electrons. The number of unbranched alkanes of at least 4 members (excludes halogenated alkanes) is 13. The third kappa shape index (κ3) is 27.5. The Balaban J connectivity index is 0. The van der Waals surface area contributed by atoms with Gasteiger partial charge < -0.3 is 15.0 Å². The maximum absolute atomic E-state index is 10.4. The van der Waals surface area contributed by atoms with Gasteiger partial charge in [-0.05, 0) is 6.42 Å². The summed E-state index contributed by atoms with van der Waals surface area (Å²) in [5, 5.41) is 12.6. The Bertz CT molecular complexity index is 393. The first-order chi connectivity index (χ1) is 12.5. The molecule has 0 aromatic rings. The van der Waals surface area contributed by atoms with Gasteiger partial charge in [0.25, 0.3) is 0 Å². The first-order valence-electron chi connectivity index (χ1n) is 10.8. The molecule has 7 heteroatoms. The molecule has 0 aliphatic carbocycles. The molecular formula is C20H42KNO4S. The number of rotatable bonds is 20. The van der Waals surface area contributed by atoms with Gasteiger partial charge in [-0.15, -0.1) is 0 Å². The van der Waals surface area contributed by atoms with Crippen molar-refractivity contribution in [2.45, 2.75) is 109 Å². The van der Waals surface area contributed by atoms with Gasteiger partial charge in [0.1, 0.15) is 0 Å². The summed E-state index contributed by atoms with van der Waals surface area (Å²) in [6, 6.07) is 0. The second-order valence-corrected chi connectivity index (χ2v) is 9.03. The Morgan fingerprint density at radius 1 is 0.815 bits per heavy atom. The molecule has 0 radical (unpaired) electrons. The Morgan fingerprint density at radius 3 is 1.63 bits per heavy atom. The molecule has 1 unspecified atom stereocenters. The zero-order valence-electron chi connectivity index (χ0n) is 17.9. The summed E-state index contributed by atoms with van der Waals surface area (Å²) in [6.45, 7) is 2.73. The zero-order valence-corrected chi connectivity index (χ0v) is 21.8. The van der Waals surface area contributed by atoms with Crippen molar-refractivity contribution in [2.75, 3.05) is 18.8 Å². The minimum absolute atomic E-state index is 0. The van der Waals surface area contributed by atoms with Crippen molar-refractivity contribution in [3.8, 4) is 0 Å². The van der Waals surface area contributed by atoms with Gasteiger partial charge >= 0.3 is 51.4 Å². The molecule has 0 aromatic heterocycles. The quantitative estimate of drug-likeness (QED) is 0.173. The van der Waals surface area contributed by atoms with E-state index in [-0.39, 0.29) is 57.9 Å². The molecule has 27 heavy (non-hydrogen) atoms. The molecule has 0 spiro atoms. The molecule has 0 saturated carbocycles. The van der Waals surface area contributed by atoms with E-state index in [0.29, 0.717) is 6.54 Å². The molecule has 0 aromatic carbocycles. The summed E-state index contributed by atoms with van der Waals surface area (Å²) >= 11 is 0. The fourth-order valence-corrected chi connectivity index (χ4v) is 3.54. The van der Waals surface area contributed by atoms with E-state index in [1.54, 1.807) is 0 Å². The van der Waals surface area contributed by atoms with Crippen molar-refractivity contribution in [1.82, 2.24) is 5.32 Å². The molecule has 0 rings (SSSR count). The standard InChI is InChI=1S/C20H43NO4S.K/c1-2-3-4-5-6-7-8-9-10-11-12-13-14-15-16-20(22)19-21-17-18-26(23,24)25;/h20-22H,2-19H2,1H3,(H,23,24,25);/q;+1/p-1. The van der Waals surface area contributed by atoms with Crippen LogP contribution in [0.2, 0.25) is 0 Å². The fraction of sp³-hybridized carbons (Fsp3) is 1.00. The summed E-state index contributed by atoms with van der Waals surface area (Å²) in [5.41, 5.74) is 0. The minimum atomic E-state index is -4.16. The largest absolute Gasteiger partial charge is 1.00 e. The molecule has 0 bridgehead atoms. The summed E-state index contributed by atoms with van der Waals surface area (Å²) < 4.78 is 31.3. The third-order valence-electron chi connectivity index (χ3n) is 4.80. The Hall–Kier alpha value is 1.47. The molecular weight excluding hydrogens is 389 g/mol. The van der Waals surface area contributed by atoms with Gasteiger partial charge in [-0.2, -0.15) is 0 Å². The van der Waals surface area contributed by atoms with Crippen LogP contribution in [0.15, 0.2) is 0 Å². The van der Waals surface area contributed by atoms with E-state index in [9.17, 15) is 18.1 Å². The summed E-state index contributed by atoms with van der Waals surface area (Å²) in [7, 11) is -4.16. The number of hydrogen-bond donors (Lipinski definition) is 2. The SMILES string of the molecule is CCCCCCCCCCCCCCCCC(O)CNCCS(=O)(=O)[O-].[K+]. The third-order valence-corrected chi connectivity index (χ3v) is 5.50. The van der Waals surface area contributed by atoms with Gasteiger partial charge in [-0.1, -0.05) is 96.8 Å². The second-order valence-electron chi connectivity index (χ2n) is 7.50. The van der Waals surface area contributed by atoms with Gasteiger partial charge in [-0.25, -0.2) is 8.42 Å². The van der Waals surface area contributed by atoms with Crippen molar-refractivity contribution in [3.63, 3.8) is 0 Å². The Kier molecular flexibility index (Phi) is 25.2. The number of hydrogen-bond acceptors (Lipinski definition) is 5. The van der Waals surface area contributed by atoms with Crippen LogP contribution < -0.4 is 56.7 Å². The summed E-state index contributed by atoms with van der Waals surface area (Å²) in [5.74, 6) is -0.418. The molecule has 0 fully saturated rings. The monoisotopic (exact) mass is 431 g/mol. The fourth-order valence-electron chi connectivity index (χ4n) is 3.14. The Morgan fingerprint density at radius 2 is 1.22 bits per heavy atom. The van der Waals surface area contributed by atoms with Crippen LogP contribution in [0.3, 0.4) is 0 Å². The van der Waals surface area contributed by atoms with Crippen LogP contribution in [0.4, 0.5) is 0 Å². The van der Waals surface area contributed by atoms with Gasteiger partial charge in [-0.3, -0.25) is 0 Å². The van der Waals surface area contributed by atoms with Crippen molar-refractivity contribution >= 4 is 10.1 Å². The van der Waals surface area contributed by atoms with E-state index < -0.39 is 22.0 Å². The first kappa shape index (κ1) is 30.7. The zero-order chi connectivity index (χ0) is 19.5. The first-order valence-corrected chi connectivity index (χ1v) is 12.4. The van der Waals surface area contributed by atoms with E-state index >= 15 is 0 Å². The number of aliphatic hydroxyl groups is 1. The molecule has 0 aliphatic rings. The van der Waals surface area contributed by atoms with Crippen LogP contribution in [-0.4, -0.2) is 43.0 Å². The van der Waals surface area contributed by atoms with E-state index in [0.717, 1.165) is 19.3 Å².